The summed E-state index contributed by atoms with van der Waals surface area (Å²) in [5, 5.41) is 6.58. The third-order valence-electron chi connectivity index (χ3n) is 3.60. The zero-order chi connectivity index (χ0) is 17.2. The summed E-state index contributed by atoms with van der Waals surface area (Å²) in [5.41, 5.74) is 1.25. The lowest BCUT2D eigenvalue weighted by atomic mass is 10.0. The molecule has 128 valence electrons. The molecular weight excluding hydrogens is 327 g/mol. The molecule has 1 amide bonds. The van der Waals surface area contributed by atoms with Gasteiger partial charge in [0, 0.05) is 25.7 Å². The second kappa shape index (κ2) is 6.52. The Labute approximate surface area is 135 Å². The molecule has 0 saturated carbocycles. The van der Waals surface area contributed by atoms with Crippen LogP contribution in [0, 0.1) is 0 Å². The Morgan fingerprint density at radius 2 is 2.04 bits per heavy atom. The van der Waals surface area contributed by atoms with E-state index in [4.69, 9.17) is 4.52 Å². The molecule has 1 atom stereocenters. The SMILES string of the molecule is O=C1NCCN(Cc2ccon2)C1c1ccc(OC(F)(F)F)cc1. The first kappa shape index (κ1) is 16.3. The van der Waals surface area contributed by atoms with Crippen LogP contribution in [0.1, 0.15) is 17.3 Å². The maximum absolute atomic E-state index is 12.2. The first-order valence-electron chi connectivity index (χ1n) is 7.19. The number of hydrogen-bond acceptors (Lipinski definition) is 5. The van der Waals surface area contributed by atoms with Gasteiger partial charge in [-0.1, -0.05) is 17.3 Å². The van der Waals surface area contributed by atoms with Gasteiger partial charge in [0.25, 0.3) is 0 Å². The van der Waals surface area contributed by atoms with Crippen LogP contribution in [0.3, 0.4) is 0 Å². The summed E-state index contributed by atoms with van der Waals surface area (Å²) in [7, 11) is 0. The van der Waals surface area contributed by atoms with E-state index < -0.39 is 12.4 Å². The van der Waals surface area contributed by atoms with Crippen LogP contribution in [-0.2, 0) is 11.3 Å². The Morgan fingerprint density at radius 1 is 1.29 bits per heavy atom. The third kappa shape index (κ3) is 3.85. The third-order valence-corrected chi connectivity index (χ3v) is 3.60. The Morgan fingerprint density at radius 3 is 2.67 bits per heavy atom. The molecule has 1 aromatic carbocycles. The van der Waals surface area contributed by atoms with Crippen molar-refractivity contribution in [3.63, 3.8) is 0 Å². The highest BCUT2D eigenvalue weighted by atomic mass is 19.4. The molecule has 6 nitrogen and oxygen atoms in total. The fraction of sp³-hybridized carbons (Fsp3) is 0.333. The Kier molecular flexibility index (Phi) is 4.43. The number of hydrogen-bond donors (Lipinski definition) is 1. The van der Waals surface area contributed by atoms with Gasteiger partial charge < -0.3 is 14.6 Å². The van der Waals surface area contributed by atoms with E-state index in [1.165, 1.54) is 30.5 Å². The van der Waals surface area contributed by atoms with Crippen molar-refractivity contribution in [1.82, 2.24) is 15.4 Å². The number of alkyl halides is 3. The quantitative estimate of drug-likeness (QED) is 0.924. The molecule has 3 rings (SSSR count). The molecule has 0 spiro atoms. The van der Waals surface area contributed by atoms with Crippen molar-refractivity contribution in [3.8, 4) is 5.75 Å². The molecule has 9 heteroatoms. The molecule has 0 aliphatic carbocycles. The lowest BCUT2D eigenvalue weighted by Crippen LogP contribution is -2.49. The van der Waals surface area contributed by atoms with Gasteiger partial charge in [-0.25, -0.2) is 0 Å². The fourth-order valence-corrected chi connectivity index (χ4v) is 2.63. The molecule has 2 aromatic rings. The van der Waals surface area contributed by atoms with Gasteiger partial charge in [-0.2, -0.15) is 0 Å². The summed E-state index contributed by atoms with van der Waals surface area (Å²) >= 11 is 0. The molecule has 24 heavy (non-hydrogen) atoms. The first-order valence-corrected chi connectivity index (χ1v) is 7.19. The summed E-state index contributed by atoms with van der Waals surface area (Å²) in [6.07, 6.45) is -3.31. The topological polar surface area (TPSA) is 67.6 Å². The summed E-state index contributed by atoms with van der Waals surface area (Å²) < 4.78 is 45.3. The number of benzene rings is 1. The highest BCUT2D eigenvalue weighted by Gasteiger charge is 2.33. The lowest BCUT2D eigenvalue weighted by molar-refractivity contribution is -0.274. The number of carbonyl (C=O) groups is 1. The number of nitrogens with zero attached hydrogens (tertiary/aromatic N) is 2. The van der Waals surface area contributed by atoms with E-state index in [0.29, 0.717) is 30.9 Å². The molecule has 1 aliphatic rings. The van der Waals surface area contributed by atoms with E-state index in [1.807, 2.05) is 4.90 Å². The van der Waals surface area contributed by atoms with Crippen molar-refractivity contribution in [2.24, 2.45) is 0 Å². The van der Waals surface area contributed by atoms with Gasteiger partial charge in [0.15, 0.2) is 0 Å². The van der Waals surface area contributed by atoms with Gasteiger partial charge in [-0.3, -0.25) is 9.69 Å². The molecule has 1 aliphatic heterocycles. The van der Waals surface area contributed by atoms with Gasteiger partial charge in [0.05, 0.1) is 5.69 Å². The summed E-state index contributed by atoms with van der Waals surface area (Å²) in [5.74, 6) is -0.542. The van der Waals surface area contributed by atoms with Crippen molar-refractivity contribution in [1.29, 1.82) is 0 Å². The van der Waals surface area contributed by atoms with Crippen LogP contribution in [0.25, 0.3) is 0 Å². The van der Waals surface area contributed by atoms with Crippen LogP contribution in [0.2, 0.25) is 0 Å². The summed E-state index contributed by atoms with van der Waals surface area (Å²) in [6.45, 7) is 1.47. The number of rotatable bonds is 4. The van der Waals surface area contributed by atoms with E-state index in [-0.39, 0.29) is 11.7 Å². The van der Waals surface area contributed by atoms with Gasteiger partial charge in [-0.15, -0.1) is 13.2 Å². The zero-order valence-corrected chi connectivity index (χ0v) is 12.4. The van der Waals surface area contributed by atoms with Crippen LogP contribution in [0.15, 0.2) is 41.1 Å². The number of amides is 1. The molecular formula is C15H14F3N3O3. The van der Waals surface area contributed by atoms with Gasteiger partial charge >= 0.3 is 6.36 Å². The maximum Gasteiger partial charge on any atom is 0.573 e. The number of ether oxygens (including phenoxy) is 1. The summed E-state index contributed by atoms with van der Waals surface area (Å²) in [4.78, 5) is 14.1. The number of halogens is 3. The Bertz CT molecular complexity index is 686. The average molecular weight is 341 g/mol. The van der Waals surface area contributed by atoms with E-state index in [2.05, 4.69) is 15.2 Å². The second-order valence-electron chi connectivity index (χ2n) is 5.27. The highest BCUT2D eigenvalue weighted by Crippen LogP contribution is 2.28. The van der Waals surface area contributed by atoms with Crippen molar-refractivity contribution < 1.29 is 27.2 Å². The van der Waals surface area contributed by atoms with E-state index in [1.54, 1.807) is 6.07 Å². The molecule has 1 aromatic heterocycles. The standard InChI is InChI=1S/C15H14F3N3O3/c16-15(17,18)24-12-3-1-10(2-4-12)13-14(22)19-6-7-21(13)9-11-5-8-23-20-11/h1-5,8,13H,6-7,9H2,(H,19,22). The number of aromatic nitrogens is 1. The number of nitrogens with one attached hydrogen (secondary N) is 1. The molecule has 1 fully saturated rings. The van der Waals surface area contributed by atoms with Crippen LogP contribution >= 0.6 is 0 Å². The normalized spacial score (nSPS) is 19.1. The first-order chi connectivity index (χ1) is 11.4. The average Bonchev–Trinajstić information content (AvgIpc) is 3.00. The van der Waals surface area contributed by atoms with Crippen LogP contribution in [0.5, 0.6) is 5.75 Å². The van der Waals surface area contributed by atoms with Crippen LogP contribution in [0.4, 0.5) is 13.2 Å². The van der Waals surface area contributed by atoms with Crippen LogP contribution < -0.4 is 10.1 Å². The van der Waals surface area contributed by atoms with Gasteiger partial charge in [0.2, 0.25) is 5.91 Å². The van der Waals surface area contributed by atoms with Crippen molar-refractivity contribution in [2.45, 2.75) is 18.9 Å². The van der Waals surface area contributed by atoms with E-state index >= 15 is 0 Å². The van der Waals surface area contributed by atoms with Gasteiger partial charge in [-0.05, 0) is 17.7 Å². The minimum atomic E-state index is -4.75. The van der Waals surface area contributed by atoms with Gasteiger partial charge in [0.1, 0.15) is 18.1 Å². The predicted octanol–water partition coefficient (Wildman–Crippen LogP) is 2.25. The molecule has 2 heterocycles. The van der Waals surface area contributed by atoms with E-state index in [0.717, 1.165) is 0 Å². The minimum Gasteiger partial charge on any atom is -0.406 e. The second-order valence-corrected chi connectivity index (χ2v) is 5.27. The summed E-state index contributed by atoms with van der Waals surface area (Å²) in [6, 6.07) is 6.37. The van der Waals surface area contributed by atoms with Crippen LogP contribution in [-0.4, -0.2) is 35.4 Å². The highest BCUT2D eigenvalue weighted by molar-refractivity contribution is 5.83. The Hall–Kier alpha value is -2.55. The van der Waals surface area contributed by atoms with Crippen molar-refractivity contribution in [3.05, 3.63) is 47.9 Å². The lowest BCUT2D eigenvalue weighted by Gasteiger charge is -2.34. The molecule has 0 bridgehead atoms. The number of carbonyl (C=O) groups excluding carboxylic acids is 1. The molecule has 0 radical (unpaired) electrons. The number of piperazine rings is 1. The molecule has 1 unspecified atom stereocenters. The monoisotopic (exact) mass is 341 g/mol. The predicted molar refractivity (Wildman–Crippen MR) is 75.8 cm³/mol. The largest absolute Gasteiger partial charge is 0.573 e. The van der Waals surface area contributed by atoms with E-state index in [9.17, 15) is 18.0 Å². The zero-order valence-electron chi connectivity index (χ0n) is 12.4. The fourth-order valence-electron chi connectivity index (χ4n) is 2.63. The smallest absolute Gasteiger partial charge is 0.406 e. The van der Waals surface area contributed by atoms with Crippen molar-refractivity contribution >= 4 is 5.91 Å². The minimum absolute atomic E-state index is 0.214. The maximum atomic E-state index is 12.2. The Balaban J connectivity index is 1.79. The van der Waals surface area contributed by atoms with Crippen molar-refractivity contribution in [2.75, 3.05) is 13.1 Å². The molecule has 1 saturated heterocycles. The molecule has 1 N–H and O–H groups in total.